The Bertz CT molecular complexity index is 991. The number of nitrogens with zero attached hydrogens (tertiary/aromatic N) is 1. The number of benzene rings is 1. The first-order chi connectivity index (χ1) is 11.6. The third-order valence-corrected chi connectivity index (χ3v) is 3.26. The van der Waals surface area contributed by atoms with E-state index in [1.165, 1.54) is 0 Å². The normalized spacial score (nSPS) is 10.4. The molecule has 0 saturated carbocycles. The third-order valence-electron chi connectivity index (χ3n) is 3.26. The van der Waals surface area contributed by atoms with Crippen molar-refractivity contribution >= 4 is 40.7 Å². The van der Waals surface area contributed by atoms with Gasteiger partial charge in [-0.2, -0.15) is 0 Å². The van der Waals surface area contributed by atoms with E-state index in [0.29, 0.717) is 12.3 Å². The molecule has 0 amide bonds. The molecule has 1 aromatic heterocycles. The standard InChI is InChI=1S/C14H7NO10/c16-10(17)4-1-3-6(12(20)21)5(11(18)19)2-15-9(3)8(14(24)25)7(4)13(22)23/h1-2H,(H,16,17)(H,18,19)(H,20,21)(H,22,23)(H,24,25). The van der Waals surface area contributed by atoms with Crippen LogP contribution in [0.1, 0.15) is 51.8 Å². The quantitative estimate of drug-likeness (QED) is 0.509. The molecule has 2 rings (SSSR count). The maximum atomic E-state index is 11.5. The van der Waals surface area contributed by atoms with Crippen LogP contribution in [0.15, 0.2) is 12.3 Å². The van der Waals surface area contributed by atoms with E-state index in [1.807, 2.05) is 0 Å². The molecule has 0 saturated heterocycles. The van der Waals surface area contributed by atoms with Gasteiger partial charge >= 0.3 is 29.8 Å². The average molecular weight is 349 g/mol. The van der Waals surface area contributed by atoms with Crippen LogP contribution in [0.3, 0.4) is 0 Å². The van der Waals surface area contributed by atoms with Crippen molar-refractivity contribution in [3.05, 3.63) is 40.1 Å². The molecule has 0 atom stereocenters. The first-order valence-electron chi connectivity index (χ1n) is 6.24. The van der Waals surface area contributed by atoms with Gasteiger partial charge in [0.1, 0.15) is 5.56 Å². The summed E-state index contributed by atoms with van der Waals surface area (Å²) in [5.74, 6) is -9.04. The van der Waals surface area contributed by atoms with Gasteiger partial charge in [0.15, 0.2) is 0 Å². The predicted octanol–water partition coefficient (Wildman–Crippen LogP) is 0.726. The zero-order valence-corrected chi connectivity index (χ0v) is 11.9. The minimum Gasteiger partial charge on any atom is -0.478 e. The highest BCUT2D eigenvalue weighted by Gasteiger charge is 2.31. The van der Waals surface area contributed by atoms with E-state index in [9.17, 15) is 34.2 Å². The Kier molecular flexibility index (Phi) is 4.08. The van der Waals surface area contributed by atoms with Gasteiger partial charge in [-0.1, -0.05) is 0 Å². The molecule has 1 heterocycles. The molecule has 25 heavy (non-hydrogen) atoms. The fourth-order valence-corrected chi connectivity index (χ4v) is 2.33. The molecule has 2 aromatic rings. The lowest BCUT2D eigenvalue weighted by atomic mass is 9.93. The first-order valence-corrected chi connectivity index (χ1v) is 6.24. The fraction of sp³-hybridized carbons (Fsp3) is 0. The van der Waals surface area contributed by atoms with E-state index in [4.69, 9.17) is 15.3 Å². The van der Waals surface area contributed by atoms with Crippen molar-refractivity contribution in [3.63, 3.8) is 0 Å². The molecular weight excluding hydrogens is 342 g/mol. The number of carboxylic acids is 5. The van der Waals surface area contributed by atoms with Crippen molar-refractivity contribution in [2.45, 2.75) is 0 Å². The van der Waals surface area contributed by atoms with Crippen molar-refractivity contribution < 1.29 is 49.5 Å². The number of aromatic nitrogens is 1. The van der Waals surface area contributed by atoms with E-state index < -0.39 is 68.6 Å². The van der Waals surface area contributed by atoms with Gasteiger partial charge in [0.25, 0.3) is 0 Å². The SMILES string of the molecule is O=C(O)c1cc2c(C(=O)O)c(C(=O)O)cnc2c(C(=O)O)c1C(=O)O. The summed E-state index contributed by atoms with van der Waals surface area (Å²) < 4.78 is 0. The molecule has 1 aromatic carbocycles. The van der Waals surface area contributed by atoms with E-state index in [-0.39, 0.29) is 0 Å². The second kappa shape index (κ2) is 5.88. The van der Waals surface area contributed by atoms with Crippen molar-refractivity contribution in [1.82, 2.24) is 4.98 Å². The van der Waals surface area contributed by atoms with Gasteiger partial charge in [0.05, 0.1) is 27.8 Å². The van der Waals surface area contributed by atoms with Crippen LogP contribution >= 0.6 is 0 Å². The summed E-state index contributed by atoms with van der Waals surface area (Å²) in [4.78, 5) is 60.2. The highest BCUT2D eigenvalue weighted by atomic mass is 16.4. The lowest BCUT2D eigenvalue weighted by Crippen LogP contribution is -2.18. The molecule has 11 nitrogen and oxygen atoms in total. The number of rotatable bonds is 5. The largest absolute Gasteiger partial charge is 0.478 e. The van der Waals surface area contributed by atoms with Crippen LogP contribution in [-0.4, -0.2) is 60.4 Å². The Labute approximate surface area is 136 Å². The Balaban J connectivity index is 3.22. The number of aromatic carboxylic acids is 5. The van der Waals surface area contributed by atoms with Gasteiger partial charge in [0, 0.05) is 11.6 Å². The van der Waals surface area contributed by atoms with Gasteiger partial charge in [-0.3, -0.25) is 4.98 Å². The maximum absolute atomic E-state index is 11.5. The number of carboxylic acid groups (broad SMARTS) is 5. The molecule has 0 unspecified atom stereocenters. The molecule has 5 N–H and O–H groups in total. The minimum absolute atomic E-state index is 0.562. The molecule has 0 aliphatic heterocycles. The monoisotopic (exact) mass is 349 g/mol. The van der Waals surface area contributed by atoms with Gasteiger partial charge in [-0.05, 0) is 6.07 Å². The third kappa shape index (κ3) is 2.69. The van der Waals surface area contributed by atoms with E-state index in [2.05, 4.69) is 4.98 Å². The first kappa shape index (κ1) is 17.3. The van der Waals surface area contributed by atoms with Crippen LogP contribution in [0.2, 0.25) is 0 Å². The molecule has 0 aliphatic rings. The molecule has 128 valence electrons. The number of pyridine rings is 1. The maximum Gasteiger partial charge on any atom is 0.338 e. The topological polar surface area (TPSA) is 199 Å². The highest BCUT2D eigenvalue weighted by Crippen LogP contribution is 2.29. The summed E-state index contributed by atoms with van der Waals surface area (Å²) in [6, 6.07) is 0.580. The van der Waals surface area contributed by atoms with Crippen LogP contribution in [-0.2, 0) is 0 Å². The fourth-order valence-electron chi connectivity index (χ4n) is 2.33. The smallest absolute Gasteiger partial charge is 0.338 e. The van der Waals surface area contributed by atoms with Crippen LogP contribution in [0, 0.1) is 0 Å². The van der Waals surface area contributed by atoms with Gasteiger partial charge in [0.2, 0.25) is 0 Å². The predicted molar refractivity (Wildman–Crippen MR) is 76.5 cm³/mol. The van der Waals surface area contributed by atoms with Crippen LogP contribution in [0.5, 0.6) is 0 Å². The molecule has 0 fully saturated rings. The summed E-state index contributed by atoms with van der Waals surface area (Å²) in [5.41, 5.74) is -5.53. The number of hydrogen-bond donors (Lipinski definition) is 5. The molecule has 0 aliphatic carbocycles. The van der Waals surface area contributed by atoms with Crippen molar-refractivity contribution in [3.8, 4) is 0 Å². The number of fused-ring (bicyclic) bond motifs is 1. The Hall–Kier alpha value is -4.02. The lowest BCUT2D eigenvalue weighted by Gasteiger charge is -2.12. The average Bonchev–Trinajstić information content (AvgIpc) is 2.50. The zero-order valence-electron chi connectivity index (χ0n) is 11.9. The summed E-state index contributed by atoms with van der Waals surface area (Å²) in [5, 5.41) is 45.2. The Morgan fingerprint density at radius 2 is 1.12 bits per heavy atom. The Morgan fingerprint density at radius 3 is 1.52 bits per heavy atom. The number of carbonyl (C=O) groups is 5. The Morgan fingerprint density at radius 1 is 0.640 bits per heavy atom. The molecular formula is C14H7NO10. The molecule has 0 radical (unpaired) electrons. The summed E-state index contributed by atoms with van der Waals surface area (Å²) in [7, 11) is 0. The summed E-state index contributed by atoms with van der Waals surface area (Å²) in [6.07, 6.45) is 0.562. The van der Waals surface area contributed by atoms with E-state index >= 15 is 0 Å². The second-order valence-electron chi connectivity index (χ2n) is 4.64. The van der Waals surface area contributed by atoms with Gasteiger partial charge < -0.3 is 25.5 Å². The zero-order chi connectivity index (χ0) is 19.0. The van der Waals surface area contributed by atoms with Crippen LogP contribution in [0.25, 0.3) is 10.9 Å². The highest BCUT2D eigenvalue weighted by molar-refractivity contribution is 6.20. The molecule has 11 heteroatoms. The van der Waals surface area contributed by atoms with Crippen molar-refractivity contribution in [2.75, 3.05) is 0 Å². The molecule has 0 spiro atoms. The minimum atomic E-state index is -1.88. The van der Waals surface area contributed by atoms with Crippen molar-refractivity contribution in [2.24, 2.45) is 0 Å². The van der Waals surface area contributed by atoms with Crippen molar-refractivity contribution in [1.29, 1.82) is 0 Å². The lowest BCUT2D eigenvalue weighted by molar-refractivity contribution is 0.0634. The number of hydrogen-bond acceptors (Lipinski definition) is 6. The molecule has 0 bridgehead atoms. The van der Waals surface area contributed by atoms with Gasteiger partial charge in [-0.15, -0.1) is 0 Å². The van der Waals surface area contributed by atoms with Crippen LogP contribution < -0.4 is 0 Å². The summed E-state index contributed by atoms with van der Waals surface area (Å²) >= 11 is 0. The van der Waals surface area contributed by atoms with E-state index in [0.717, 1.165) is 0 Å². The van der Waals surface area contributed by atoms with E-state index in [1.54, 1.807) is 0 Å². The second-order valence-corrected chi connectivity index (χ2v) is 4.64. The van der Waals surface area contributed by atoms with Gasteiger partial charge in [-0.25, -0.2) is 24.0 Å². The van der Waals surface area contributed by atoms with Crippen LogP contribution in [0.4, 0.5) is 0 Å². The summed E-state index contributed by atoms with van der Waals surface area (Å²) in [6.45, 7) is 0.